The number of para-hydroxylation sites is 2. The summed E-state index contributed by atoms with van der Waals surface area (Å²) in [6.07, 6.45) is 1.09. The molecule has 0 aliphatic heterocycles. The Kier molecular flexibility index (Phi) is 10.5. The molecule has 190 valence electrons. The van der Waals surface area contributed by atoms with E-state index in [0.29, 0.717) is 40.1 Å². The summed E-state index contributed by atoms with van der Waals surface area (Å²) >= 11 is 12.9. The molecule has 0 saturated heterocycles. The van der Waals surface area contributed by atoms with E-state index >= 15 is 0 Å². The average molecular weight is 529 g/mol. The largest absolute Gasteiger partial charge is 0.493 e. The third kappa shape index (κ3) is 7.39. The standard InChI is InChI=1S/C28H30Cl2N2O4/c1-3-16-31-28(34)24(17-20-10-5-4-6-11-20)32(18-21-22(29)12-9-13-23(21)30)27(33)19-36-26-15-8-7-14-25(26)35-2/h4-15,24H,3,16-19H2,1-2H3,(H,31,34). The van der Waals surface area contributed by atoms with Gasteiger partial charge < -0.3 is 19.7 Å². The quantitative estimate of drug-likeness (QED) is 0.334. The van der Waals surface area contributed by atoms with Crippen LogP contribution in [0.1, 0.15) is 24.5 Å². The zero-order chi connectivity index (χ0) is 25.9. The minimum absolute atomic E-state index is 0.0453. The second kappa shape index (κ2) is 13.8. The number of benzene rings is 3. The SMILES string of the molecule is CCCNC(=O)C(Cc1ccccc1)N(Cc1c(Cl)cccc1Cl)C(=O)COc1ccccc1OC. The molecule has 0 spiro atoms. The fraction of sp³-hybridized carbons (Fsp3) is 0.286. The average Bonchev–Trinajstić information content (AvgIpc) is 2.90. The van der Waals surface area contributed by atoms with E-state index in [1.54, 1.807) is 36.4 Å². The highest BCUT2D eigenvalue weighted by Crippen LogP contribution is 2.28. The first-order chi connectivity index (χ1) is 17.4. The first-order valence-corrected chi connectivity index (χ1v) is 12.5. The van der Waals surface area contributed by atoms with Gasteiger partial charge in [-0.1, -0.05) is 78.7 Å². The minimum Gasteiger partial charge on any atom is -0.493 e. The molecule has 1 atom stereocenters. The van der Waals surface area contributed by atoms with Gasteiger partial charge in [0, 0.05) is 35.1 Å². The Morgan fingerprint density at radius 1 is 0.917 bits per heavy atom. The van der Waals surface area contributed by atoms with Crippen LogP contribution in [0.15, 0.2) is 72.8 Å². The summed E-state index contributed by atoms with van der Waals surface area (Å²) in [6, 6.07) is 21.0. The van der Waals surface area contributed by atoms with Crippen molar-refractivity contribution >= 4 is 35.0 Å². The number of carbonyl (C=O) groups is 2. The number of amides is 2. The van der Waals surface area contributed by atoms with Crippen LogP contribution < -0.4 is 14.8 Å². The van der Waals surface area contributed by atoms with Crippen LogP contribution in [0.2, 0.25) is 10.0 Å². The normalized spacial score (nSPS) is 11.4. The van der Waals surface area contributed by atoms with Gasteiger partial charge >= 0.3 is 0 Å². The summed E-state index contributed by atoms with van der Waals surface area (Å²) in [7, 11) is 1.53. The second-order valence-corrected chi connectivity index (χ2v) is 8.97. The van der Waals surface area contributed by atoms with E-state index in [-0.39, 0.29) is 25.0 Å². The third-order valence-electron chi connectivity index (χ3n) is 5.63. The number of halogens is 2. The number of methoxy groups -OCH3 is 1. The molecule has 0 aliphatic carbocycles. The molecule has 0 saturated carbocycles. The van der Waals surface area contributed by atoms with E-state index in [1.807, 2.05) is 43.3 Å². The van der Waals surface area contributed by atoms with Crippen LogP contribution in [-0.4, -0.2) is 43.0 Å². The molecular weight excluding hydrogens is 499 g/mol. The third-order valence-corrected chi connectivity index (χ3v) is 6.34. The van der Waals surface area contributed by atoms with Crippen LogP contribution >= 0.6 is 23.2 Å². The van der Waals surface area contributed by atoms with E-state index in [0.717, 1.165) is 12.0 Å². The van der Waals surface area contributed by atoms with Crippen molar-refractivity contribution in [2.45, 2.75) is 32.4 Å². The van der Waals surface area contributed by atoms with Crippen molar-refractivity contribution in [3.05, 3.63) is 94.0 Å². The maximum Gasteiger partial charge on any atom is 0.261 e. The molecule has 8 heteroatoms. The van der Waals surface area contributed by atoms with Gasteiger partial charge in [0.15, 0.2) is 18.1 Å². The van der Waals surface area contributed by atoms with Gasteiger partial charge in [0.2, 0.25) is 5.91 Å². The van der Waals surface area contributed by atoms with Crippen molar-refractivity contribution in [2.24, 2.45) is 0 Å². The molecule has 3 rings (SSSR count). The Labute approximate surface area is 222 Å². The Morgan fingerprint density at radius 3 is 2.19 bits per heavy atom. The number of hydrogen-bond acceptors (Lipinski definition) is 4. The summed E-state index contributed by atoms with van der Waals surface area (Å²) in [5.74, 6) is 0.297. The van der Waals surface area contributed by atoms with Crippen LogP contribution in [0.4, 0.5) is 0 Å². The molecule has 0 heterocycles. The Hall–Kier alpha value is -3.22. The molecule has 1 unspecified atom stereocenters. The molecule has 0 bridgehead atoms. The van der Waals surface area contributed by atoms with Crippen molar-refractivity contribution in [1.29, 1.82) is 0 Å². The molecule has 0 fully saturated rings. The van der Waals surface area contributed by atoms with Gasteiger partial charge in [-0.05, 0) is 36.2 Å². The summed E-state index contributed by atoms with van der Waals surface area (Å²) in [6.45, 7) is 2.22. The molecule has 0 aliphatic rings. The maximum atomic E-state index is 13.6. The van der Waals surface area contributed by atoms with Gasteiger partial charge in [0.25, 0.3) is 5.91 Å². The van der Waals surface area contributed by atoms with Crippen LogP contribution in [-0.2, 0) is 22.6 Å². The Morgan fingerprint density at radius 2 is 1.56 bits per heavy atom. The predicted molar refractivity (Wildman–Crippen MR) is 143 cm³/mol. The molecule has 6 nitrogen and oxygen atoms in total. The van der Waals surface area contributed by atoms with Crippen molar-refractivity contribution in [3.8, 4) is 11.5 Å². The van der Waals surface area contributed by atoms with E-state index < -0.39 is 6.04 Å². The monoisotopic (exact) mass is 528 g/mol. The highest BCUT2D eigenvalue weighted by atomic mass is 35.5. The summed E-state index contributed by atoms with van der Waals surface area (Å²) in [4.78, 5) is 28.5. The molecule has 2 amide bonds. The predicted octanol–water partition coefficient (Wildman–Crippen LogP) is 5.55. The number of nitrogens with one attached hydrogen (secondary N) is 1. The molecule has 36 heavy (non-hydrogen) atoms. The smallest absolute Gasteiger partial charge is 0.261 e. The van der Waals surface area contributed by atoms with Crippen LogP contribution in [0.25, 0.3) is 0 Å². The van der Waals surface area contributed by atoms with Gasteiger partial charge in [-0.3, -0.25) is 9.59 Å². The molecule has 1 N–H and O–H groups in total. The molecule has 3 aromatic carbocycles. The number of ether oxygens (including phenoxy) is 2. The van der Waals surface area contributed by atoms with Gasteiger partial charge in [-0.15, -0.1) is 0 Å². The lowest BCUT2D eigenvalue weighted by Gasteiger charge is -2.32. The van der Waals surface area contributed by atoms with Crippen molar-refractivity contribution in [3.63, 3.8) is 0 Å². The molecule has 3 aromatic rings. The number of nitrogens with zero attached hydrogens (tertiary/aromatic N) is 1. The first-order valence-electron chi connectivity index (χ1n) is 11.7. The number of hydrogen-bond donors (Lipinski definition) is 1. The summed E-state index contributed by atoms with van der Waals surface area (Å²) < 4.78 is 11.1. The number of rotatable bonds is 12. The Balaban J connectivity index is 1.95. The van der Waals surface area contributed by atoms with Crippen LogP contribution in [0.3, 0.4) is 0 Å². The second-order valence-electron chi connectivity index (χ2n) is 8.16. The van der Waals surface area contributed by atoms with E-state index in [4.69, 9.17) is 32.7 Å². The van der Waals surface area contributed by atoms with Gasteiger partial charge in [-0.25, -0.2) is 0 Å². The zero-order valence-electron chi connectivity index (χ0n) is 20.4. The molecule has 0 radical (unpaired) electrons. The van der Waals surface area contributed by atoms with Crippen molar-refractivity contribution < 1.29 is 19.1 Å². The lowest BCUT2D eigenvalue weighted by atomic mass is 10.0. The van der Waals surface area contributed by atoms with Gasteiger partial charge in [0.05, 0.1) is 7.11 Å². The van der Waals surface area contributed by atoms with E-state index in [2.05, 4.69) is 5.32 Å². The maximum absolute atomic E-state index is 13.6. The van der Waals surface area contributed by atoms with Gasteiger partial charge in [0.1, 0.15) is 6.04 Å². The van der Waals surface area contributed by atoms with Crippen LogP contribution in [0, 0.1) is 0 Å². The molecule has 0 aromatic heterocycles. The summed E-state index contributed by atoms with van der Waals surface area (Å²) in [5.41, 5.74) is 1.48. The summed E-state index contributed by atoms with van der Waals surface area (Å²) in [5, 5.41) is 3.77. The topological polar surface area (TPSA) is 67.9 Å². The van der Waals surface area contributed by atoms with Crippen molar-refractivity contribution in [1.82, 2.24) is 10.2 Å². The van der Waals surface area contributed by atoms with Crippen molar-refractivity contribution in [2.75, 3.05) is 20.3 Å². The minimum atomic E-state index is -0.806. The molecular formula is C28H30Cl2N2O4. The highest BCUT2D eigenvalue weighted by Gasteiger charge is 2.31. The van der Waals surface area contributed by atoms with E-state index in [1.165, 1.54) is 12.0 Å². The highest BCUT2D eigenvalue weighted by molar-refractivity contribution is 6.36. The lowest BCUT2D eigenvalue weighted by molar-refractivity contribution is -0.142. The first kappa shape index (κ1) is 27.4. The number of carbonyl (C=O) groups excluding carboxylic acids is 2. The zero-order valence-corrected chi connectivity index (χ0v) is 21.9. The Bertz CT molecular complexity index is 1140. The lowest BCUT2D eigenvalue weighted by Crippen LogP contribution is -2.51. The van der Waals surface area contributed by atoms with Gasteiger partial charge in [-0.2, -0.15) is 0 Å². The fourth-order valence-corrected chi connectivity index (χ4v) is 4.25. The van der Waals surface area contributed by atoms with Crippen LogP contribution in [0.5, 0.6) is 11.5 Å². The van der Waals surface area contributed by atoms with E-state index in [9.17, 15) is 9.59 Å². The fourth-order valence-electron chi connectivity index (χ4n) is 3.73.